The molecule has 0 aliphatic carbocycles. The zero-order valence-electron chi connectivity index (χ0n) is 31.9. The van der Waals surface area contributed by atoms with Crippen LogP contribution >= 0.6 is 7.82 Å². The van der Waals surface area contributed by atoms with Crippen molar-refractivity contribution in [1.29, 1.82) is 0 Å². The van der Waals surface area contributed by atoms with Gasteiger partial charge in [0.2, 0.25) is 0 Å². The molecule has 2 atom stereocenters. The Morgan fingerprint density at radius 1 is 0.646 bits per heavy atom. The lowest BCUT2D eigenvalue weighted by molar-refractivity contribution is -0.870. The highest BCUT2D eigenvalue weighted by atomic mass is 31.2. The zero-order valence-corrected chi connectivity index (χ0v) is 32.8. The van der Waals surface area contributed by atoms with E-state index in [1.54, 1.807) is 0 Å². The van der Waals surface area contributed by atoms with Crippen LogP contribution in [0.15, 0.2) is 24.3 Å². The number of carbonyl (C=O) groups is 1. The Morgan fingerprint density at radius 2 is 1.15 bits per heavy atom. The van der Waals surface area contributed by atoms with E-state index >= 15 is 0 Å². The number of nitrogens with zero attached hydrogens (tertiary/aromatic N) is 1. The molecule has 284 valence electrons. The van der Waals surface area contributed by atoms with E-state index in [1.807, 2.05) is 21.1 Å². The minimum Gasteiger partial charge on any atom is -0.756 e. The summed E-state index contributed by atoms with van der Waals surface area (Å²) in [6.07, 6.45) is 34.7. The van der Waals surface area contributed by atoms with Gasteiger partial charge in [-0.05, 0) is 44.9 Å². The van der Waals surface area contributed by atoms with Gasteiger partial charge in [-0.15, -0.1) is 0 Å². The van der Waals surface area contributed by atoms with Crippen molar-refractivity contribution in [3.63, 3.8) is 0 Å². The van der Waals surface area contributed by atoms with Crippen LogP contribution in [-0.2, 0) is 27.9 Å². The van der Waals surface area contributed by atoms with E-state index in [9.17, 15) is 14.3 Å². The number of ether oxygens (including phenoxy) is 2. The zero-order chi connectivity index (χ0) is 35.6. The molecule has 0 saturated carbocycles. The molecule has 0 N–H and O–H groups in total. The van der Waals surface area contributed by atoms with Gasteiger partial charge in [0, 0.05) is 13.0 Å². The lowest BCUT2D eigenvalue weighted by Crippen LogP contribution is -2.37. The first-order chi connectivity index (χ1) is 23.1. The number of unbranched alkanes of at least 4 members (excludes halogenated alkanes) is 18. The number of esters is 1. The highest BCUT2D eigenvalue weighted by molar-refractivity contribution is 7.45. The fourth-order valence-corrected chi connectivity index (χ4v) is 5.89. The van der Waals surface area contributed by atoms with Gasteiger partial charge in [0.15, 0.2) is 0 Å². The van der Waals surface area contributed by atoms with Crippen molar-refractivity contribution in [3.05, 3.63) is 24.3 Å². The summed E-state index contributed by atoms with van der Waals surface area (Å²) >= 11 is 0. The van der Waals surface area contributed by atoms with E-state index in [4.69, 9.17) is 18.5 Å². The largest absolute Gasteiger partial charge is 0.756 e. The van der Waals surface area contributed by atoms with Crippen molar-refractivity contribution in [2.24, 2.45) is 0 Å². The fourth-order valence-electron chi connectivity index (χ4n) is 5.16. The first-order valence-electron chi connectivity index (χ1n) is 19.6. The number of rotatable bonds is 36. The molecule has 0 aromatic rings. The summed E-state index contributed by atoms with van der Waals surface area (Å²) in [5.74, 6) is -0.343. The van der Waals surface area contributed by atoms with E-state index in [0.29, 0.717) is 24.1 Å². The number of allylic oxidation sites excluding steroid dienone is 4. The number of phosphoric acid groups is 1. The molecule has 9 heteroatoms. The second-order valence-electron chi connectivity index (χ2n) is 14.3. The Bertz CT molecular complexity index is 828. The second kappa shape index (κ2) is 33.1. The SMILES string of the molecule is CCCCC/C=C\C/C=C\CCCCCCCCCC(=O)OC(COCCCCCCCCCCC)COP(=O)([O-])OCC[N+](C)(C)C. The van der Waals surface area contributed by atoms with E-state index < -0.39 is 13.9 Å². The molecule has 0 radical (unpaired) electrons. The summed E-state index contributed by atoms with van der Waals surface area (Å²) < 4.78 is 34.4. The minimum absolute atomic E-state index is 0.0258. The van der Waals surface area contributed by atoms with Crippen molar-refractivity contribution in [2.45, 2.75) is 168 Å². The molecule has 0 aromatic carbocycles. The molecule has 0 rings (SSSR count). The van der Waals surface area contributed by atoms with E-state index in [2.05, 4.69) is 38.2 Å². The summed E-state index contributed by atoms with van der Waals surface area (Å²) in [5.41, 5.74) is 0. The van der Waals surface area contributed by atoms with Crippen LogP contribution in [0.1, 0.15) is 162 Å². The van der Waals surface area contributed by atoms with Gasteiger partial charge < -0.3 is 27.9 Å². The van der Waals surface area contributed by atoms with Crippen molar-refractivity contribution in [1.82, 2.24) is 0 Å². The number of carbonyl (C=O) groups excluding carboxylic acids is 1. The van der Waals surface area contributed by atoms with E-state index in [0.717, 1.165) is 44.9 Å². The summed E-state index contributed by atoms with van der Waals surface area (Å²) in [4.78, 5) is 24.9. The average molecular weight is 702 g/mol. The van der Waals surface area contributed by atoms with Crippen molar-refractivity contribution >= 4 is 13.8 Å². The third-order valence-electron chi connectivity index (χ3n) is 8.26. The monoisotopic (exact) mass is 702 g/mol. The van der Waals surface area contributed by atoms with Gasteiger partial charge in [-0.25, -0.2) is 0 Å². The molecule has 0 aliphatic rings. The maximum Gasteiger partial charge on any atom is 0.306 e. The number of hydrogen-bond donors (Lipinski definition) is 0. The maximum absolute atomic E-state index is 12.6. The maximum atomic E-state index is 12.6. The molecular formula is C39H76NO7P. The molecule has 0 bridgehead atoms. The molecule has 0 heterocycles. The molecular weight excluding hydrogens is 625 g/mol. The summed E-state index contributed by atoms with van der Waals surface area (Å²) in [6, 6.07) is 0. The molecule has 0 fully saturated rings. The predicted molar refractivity (Wildman–Crippen MR) is 199 cm³/mol. The van der Waals surface area contributed by atoms with Crippen LogP contribution in [0.5, 0.6) is 0 Å². The molecule has 48 heavy (non-hydrogen) atoms. The van der Waals surface area contributed by atoms with Crippen molar-refractivity contribution in [2.75, 3.05) is 54.1 Å². The van der Waals surface area contributed by atoms with Crippen LogP contribution in [0.3, 0.4) is 0 Å². The van der Waals surface area contributed by atoms with Crippen LogP contribution in [0.2, 0.25) is 0 Å². The van der Waals surface area contributed by atoms with Crippen LogP contribution in [0.4, 0.5) is 0 Å². The highest BCUT2D eigenvalue weighted by Crippen LogP contribution is 2.38. The molecule has 0 aromatic heterocycles. The Morgan fingerprint density at radius 3 is 1.73 bits per heavy atom. The molecule has 2 unspecified atom stereocenters. The van der Waals surface area contributed by atoms with Crippen molar-refractivity contribution < 1.29 is 37.3 Å². The third kappa shape index (κ3) is 36.3. The molecule has 0 saturated heterocycles. The summed E-state index contributed by atoms with van der Waals surface area (Å²) in [6.45, 7) is 5.36. The van der Waals surface area contributed by atoms with E-state index in [1.165, 1.54) is 96.3 Å². The Kier molecular flexibility index (Phi) is 32.4. The van der Waals surface area contributed by atoms with Crippen molar-refractivity contribution in [3.8, 4) is 0 Å². The van der Waals surface area contributed by atoms with Gasteiger partial charge in [0.1, 0.15) is 19.3 Å². The normalized spacial score (nSPS) is 14.2. The van der Waals surface area contributed by atoms with Crippen LogP contribution in [0, 0.1) is 0 Å². The smallest absolute Gasteiger partial charge is 0.306 e. The fraction of sp³-hybridized carbons (Fsp3) is 0.872. The van der Waals surface area contributed by atoms with Gasteiger partial charge in [0.05, 0.1) is 34.4 Å². The first kappa shape index (κ1) is 47.0. The first-order valence-corrected chi connectivity index (χ1v) is 21.0. The second-order valence-corrected chi connectivity index (χ2v) is 15.7. The van der Waals surface area contributed by atoms with E-state index in [-0.39, 0.29) is 25.8 Å². The number of phosphoric ester groups is 1. The quantitative estimate of drug-likeness (QED) is 0.0211. The lowest BCUT2D eigenvalue weighted by atomic mass is 10.1. The number of hydrogen-bond acceptors (Lipinski definition) is 7. The Balaban J connectivity index is 4.25. The molecule has 0 spiro atoms. The van der Waals surface area contributed by atoms with Gasteiger partial charge in [-0.3, -0.25) is 9.36 Å². The van der Waals surface area contributed by atoms with Crippen LogP contribution in [-0.4, -0.2) is 70.7 Å². The average Bonchev–Trinajstić information content (AvgIpc) is 3.03. The van der Waals surface area contributed by atoms with Gasteiger partial charge in [-0.1, -0.05) is 134 Å². The summed E-state index contributed by atoms with van der Waals surface area (Å²) in [5, 5.41) is 0. The lowest BCUT2D eigenvalue weighted by Gasteiger charge is -2.28. The topological polar surface area (TPSA) is 94.1 Å². The summed E-state index contributed by atoms with van der Waals surface area (Å²) in [7, 11) is 1.35. The third-order valence-corrected chi connectivity index (χ3v) is 9.22. The number of quaternary nitrogens is 1. The van der Waals surface area contributed by atoms with Gasteiger partial charge >= 0.3 is 5.97 Å². The molecule has 8 nitrogen and oxygen atoms in total. The highest BCUT2D eigenvalue weighted by Gasteiger charge is 2.20. The molecule has 0 aliphatic heterocycles. The van der Waals surface area contributed by atoms with Gasteiger partial charge in [0.25, 0.3) is 7.82 Å². The Labute approximate surface area is 296 Å². The van der Waals surface area contributed by atoms with Crippen LogP contribution in [0.25, 0.3) is 0 Å². The molecule has 0 amide bonds. The standard InChI is InChI=1S/C39H76NO7P/c1-6-8-10-12-14-16-17-18-19-20-21-22-23-24-26-28-30-32-39(41)47-38(37-46-48(42,43)45-35-33-40(3,4)5)36-44-34-31-29-27-25-15-13-11-9-7-2/h14,16,18-19,38H,6-13,15,17,20-37H2,1-5H3/b16-14-,19-18-. The minimum atomic E-state index is -4.51. The Hall–Kier alpha value is -1.02. The van der Waals surface area contributed by atoms with Gasteiger partial charge in [-0.2, -0.15) is 0 Å². The number of likely N-dealkylation sites (N-methyl/N-ethyl adjacent to an activating group) is 1. The predicted octanol–water partition coefficient (Wildman–Crippen LogP) is 10.2. The van der Waals surface area contributed by atoms with Crippen LogP contribution < -0.4 is 4.89 Å².